The van der Waals surface area contributed by atoms with Gasteiger partial charge in [0.25, 0.3) is 0 Å². The molecule has 0 fully saturated rings. The fraction of sp³-hybridized carbons (Fsp3) is 0. The molecule has 5 heteroatoms. The van der Waals surface area contributed by atoms with Crippen LogP contribution in [0.5, 0.6) is 11.5 Å². The van der Waals surface area contributed by atoms with Gasteiger partial charge >= 0.3 is 0 Å². The van der Waals surface area contributed by atoms with Crippen molar-refractivity contribution in [2.24, 2.45) is 0 Å². The van der Waals surface area contributed by atoms with Crippen molar-refractivity contribution in [3.8, 4) is 33.9 Å². The largest absolute Gasteiger partial charge is 0.504 e. The second kappa shape index (κ2) is 6.07. The second-order valence-electron chi connectivity index (χ2n) is 5.67. The Morgan fingerprint density at radius 1 is 0.680 bits per heavy atom. The molecule has 0 radical (unpaired) electrons. The molecule has 0 amide bonds. The Hall–Kier alpha value is -3.11. The summed E-state index contributed by atoms with van der Waals surface area (Å²) in [5.41, 5.74) is 5.01. The van der Waals surface area contributed by atoms with Crippen molar-refractivity contribution in [2.75, 3.05) is 0 Å². The van der Waals surface area contributed by atoms with E-state index in [1.807, 2.05) is 30.3 Å². The first-order valence-corrected chi connectivity index (χ1v) is 8.03. The number of hydrogen-bond donors (Lipinski definition) is 2. The van der Waals surface area contributed by atoms with Crippen LogP contribution < -0.4 is 0 Å². The highest BCUT2D eigenvalue weighted by molar-refractivity contribution is 6.31. The molecule has 4 rings (SSSR count). The lowest BCUT2D eigenvalue weighted by molar-refractivity contribution is 0.404. The van der Waals surface area contributed by atoms with Crippen LogP contribution in [0.4, 0.5) is 0 Å². The molecule has 1 heterocycles. The standard InChI is InChI=1S/C20H13ClN2O2/c21-15-6-7-16-17(10-15)22-11-18(23-16)13-3-1-12(2-4-13)14-5-8-19(24)20(25)9-14/h1-11,24-25H. The second-order valence-corrected chi connectivity index (χ2v) is 6.11. The van der Waals surface area contributed by atoms with Gasteiger partial charge in [-0.05, 0) is 41.5 Å². The van der Waals surface area contributed by atoms with Crippen molar-refractivity contribution in [3.05, 3.63) is 71.9 Å². The summed E-state index contributed by atoms with van der Waals surface area (Å²) in [6.45, 7) is 0. The fourth-order valence-corrected chi connectivity index (χ4v) is 2.83. The smallest absolute Gasteiger partial charge is 0.158 e. The molecular weight excluding hydrogens is 336 g/mol. The number of nitrogens with zero attached hydrogens (tertiary/aromatic N) is 2. The van der Waals surface area contributed by atoms with Crippen molar-refractivity contribution >= 4 is 22.6 Å². The molecule has 0 unspecified atom stereocenters. The molecule has 1 aromatic heterocycles. The highest BCUT2D eigenvalue weighted by Crippen LogP contribution is 2.31. The molecule has 0 aliphatic rings. The van der Waals surface area contributed by atoms with E-state index in [4.69, 9.17) is 11.6 Å². The van der Waals surface area contributed by atoms with E-state index in [9.17, 15) is 10.2 Å². The summed E-state index contributed by atoms with van der Waals surface area (Å²) >= 11 is 5.97. The molecule has 0 saturated heterocycles. The first-order chi connectivity index (χ1) is 12.1. The van der Waals surface area contributed by atoms with Crippen LogP contribution in [0, 0.1) is 0 Å². The van der Waals surface area contributed by atoms with Crippen LogP contribution in [0.3, 0.4) is 0 Å². The quantitative estimate of drug-likeness (QED) is 0.499. The average molecular weight is 349 g/mol. The molecule has 122 valence electrons. The van der Waals surface area contributed by atoms with Crippen molar-refractivity contribution in [2.45, 2.75) is 0 Å². The number of aromatic hydroxyl groups is 2. The molecular formula is C20H13ClN2O2. The number of fused-ring (bicyclic) bond motifs is 1. The van der Waals surface area contributed by atoms with Crippen LogP contribution >= 0.6 is 11.6 Å². The molecule has 25 heavy (non-hydrogen) atoms. The number of benzene rings is 3. The van der Waals surface area contributed by atoms with Gasteiger partial charge in [-0.1, -0.05) is 41.9 Å². The Labute approximate surface area is 149 Å². The summed E-state index contributed by atoms with van der Waals surface area (Å²) in [5.74, 6) is -0.271. The summed E-state index contributed by atoms with van der Waals surface area (Å²) in [5, 5.41) is 19.7. The van der Waals surface area contributed by atoms with E-state index in [-0.39, 0.29) is 11.5 Å². The van der Waals surface area contributed by atoms with Gasteiger partial charge in [0.1, 0.15) is 0 Å². The summed E-state index contributed by atoms with van der Waals surface area (Å²) < 4.78 is 0. The monoisotopic (exact) mass is 348 g/mol. The fourth-order valence-electron chi connectivity index (χ4n) is 2.66. The Kier molecular flexibility index (Phi) is 3.75. The van der Waals surface area contributed by atoms with Crippen molar-refractivity contribution in [1.82, 2.24) is 9.97 Å². The lowest BCUT2D eigenvalue weighted by atomic mass is 10.0. The van der Waals surface area contributed by atoms with Gasteiger partial charge in [0.15, 0.2) is 11.5 Å². The van der Waals surface area contributed by atoms with Crippen molar-refractivity contribution in [3.63, 3.8) is 0 Å². The van der Waals surface area contributed by atoms with Gasteiger partial charge in [0, 0.05) is 10.6 Å². The van der Waals surface area contributed by atoms with Crippen molar-refractivity contribution < 1.29 is 10.2 Å². The molecule has 4 aromatic rings. The maximum absolute atomic E-state index is 9.64. The number of halogens is 1. The zero-order valence-electron chi connectivity index (χ0n) is 13.0. The molecule has 0 aliphatic heterocycles. The lowest BCUT2D eigenvalue weighted by Crippen LogP contribution is -1.89. The summed E-state index contributed by atoms with van der Waals surface area (Å²) in [6.07, 6.45) is 1.72. The zero-order chi connectivity index (χ0) is 17.4. The van der Waals surface area contributed by atoms with E-state index in [1.54, 1.807) is 24.4 Å². The average Bonchev–Trinajstić information content (AvgIpc) is 2.64. The molecule has 0 bridgehead atoms. The Balaban J connectivity index is 1.70. The van der Waals surface area contributed by atoms with E-state index in [2.05, 4.69) is 9.97 Å². The van der Waals surface area contributed by atoms with E-state index in [0.29, 0.717) is 5.02 Å². The first kappa shape index (κ1) is 15.4. The SMILES string of the molecule is Oc1ccc(-c2ccc(-c3cnc4cc(Cl)ccc4n3)cc2)cc1O. The number of phenolic OH excluding ortho intramolecular Hbond substituents is 2. The van der Waals surface area contributed by atoms with Gasteiger partial charge in [0.05, 0.1) is 22.9 Å². The maximum Gasteiger partial charge on any atom is 0.158 e. The van der Waals surface area contributed by atoms with Crippen LogP contribution in [0.15, 0.2) is 66.9 Å². The molecule has 4 nitrogen and oxygen atoms in total. The Morgan fingerprint density at radius 3 is 2.16 bits per heavy atom. The predicted octanol–water partition coefficient (Wildman–Crippen LogP) is 5.03. The third-order valence-corrected chi connectivity index (χ3v) is 4.23. The first-order valence-electron chi connectivity index (χ1n) is 7.65. The highest BCUT2D eigenvalue weighted by Gasteiger charge is 2.06. The summed E-state index contributed by atoms with van der Waals surface area (Å²) in [4.78, 5) is 9.03. The van der Waals surface area contributed by atoms with Gasteiger partial charge in [-0.15, -0.1) is 0 Å². The third kappa shape index (κ3) is 2.99. The minimum absolute atomic E-state index is 0.132. The van der Waals surface area contributed by atoms with Crippen LogP contribution in [0.25, 0.3) is 33.4 Å². The molecule has 0 aliphatic carbocycles. The zero-order valence-corrected chi connectivity index (χ0v) is 13.8. The summed E-state index contributed by atoms with van der Waals surface area (Å²) in [7, 11) is 0. The Bertz CT molecular complexity index is 1080. The van der Waals surface area contributed by atoms with Gasteiger partial charge in [-0.25, -0.2) is 4.98 Å². The van der Waals surface area contributed by atoms with E-state index in [1.165, 1.54) is 12.1 Å². The Morgan fingerprint density at radius 2 is 1.40 bits per heavy atom. The number of phenols is 2. The minimum atomic E-state index is -0.138. The minimum Gasteiger partial charge on any atom is -0.504 e. The van der Waals surface area contributed by atoms with E-state index < -0.39 is 0 Å². The number of rotatable bonds is 2. The number of hydrogen-bond acceptors (Lipinski definition) is 4. The van der Waals surface area contributed by atoms with Crippen LogP contribution in [0.1, 0.15) is 0 Å². The predicted molar refractivity (Wildman–Crippen MR) is 98.7 cm³/mol. The molecule has 2 N–H and O–H groups in total. The maximum atomic E-state index is 9.64. The molecule has 0 saturated carbocycles. The molecule has 0 spiro atoms. The highest BCUT2D eigenvalue weighted by atomic mass is 35.5. The van der Waals surface area contributed by atoms with Gasteiger partial charge in [0.2, 0.25) is 0 Å². The lowest BCUT2D eigenvalue weighted by Gasteiger charge is -2.06. The van der Waals surface area contributed by atoms with E-state index in [0.717, 1.165) is 33.4 Å². The topological polar surface area (TPSA) is 66.2 Å². The third-order valence-electron chi connectivity index (χ3n) is 3.99. The van der Waals surface area contributed by atoms with Gasteiger partial charge in [-0.2, -0.15) is 0 Å². The number of aromatic nitrogens is 2. The normalized spacial score (nSPS) is 10.9. The van der Waals surface area contributed by atoms with E-state index >= 15 is 0 Å². The molecule has 3 aromatic carbocycles. The summed E-state index contributed by atoms with van der Waals surface area (Å²) in [6, 6.07) is 18.0. The van der Waals surface area contributed by atoms with Crippen LogP contribution in [0.2, 0.25) is 5.02 Å². The van der Waals surface area contributed by atoms with Gasteiger partial charge in [-0.3, -0.25) is 4.98 Å². The van der Waals surface area contributed by atoms with Crippen LogP contribution in [-0.2, 0) is 0 Å². The van der Waals surface area contributed by atoms with Crippen molar-refractivity contribution in [1.29, 1.82) is 0 Å². The molecule has 0 atom stereocenters. The van der Waals surface area contributed by atoms with Gasteiger partial charge < -0.3 is 10.2 Å². The van der Waals surface area contributed by atoms with Crippen LogP contribution in [-0.4, -0.2) is 20.2 Å².